The average Bonchev–Trinajstić information content (AvgIpc) is 2.63. The van der Waals surface area contributed by atoms with Crippen molar-refractivity contribution in [2.24, 2.45) is 0 Å². The van der Waals surface area contributed by atoms with E-state index in [0.717, 1.165) is 0 Å². The highest BCUT2D eigenvalue weighted by Crippen LogP contribution is 2.19. The summed E-state index contributed by atoms with van der Waals surface area (Å²) in [7, 11) is 0. The molecule has 176 valence electrons. The molecule has 0 amide bonds. The molecule has 0 saturated carbocycles. The van der Waals surface area contributed by atoms with Crippen molar-refractivity contribution in [1.82, 2.24) is 6.15 Å². The van der Waals surface area contributed by atoms with Gasteiger partial charge in [-0.25, -0.2) is 0 Å². The van der Waals surface area contributed by atoms with Gasteiger partial charge in [0.2, 0.25) is 0 Å². The zero-order valence-electron chi connectivity index (χ0n) is 20.1. The lowest BCUT2D eigenvalue weighted by Crippen LogP contribution is -3.00. The minimum atomic E-state index is 0. The Kier molecular flexibility index (Phi) is 37.2. The Morgan fingerprint density at radius 2 is 0.607 bits per heavy atom. The van der Waals surface area contributed by atoms with E-state index in [0.29, 0.717) is 0 Å². The minimum Gasteiger partial charge on any atom is -1.00 e. The van der Waals surface area contributed by atoms with Crippen LogP contribution in [0.3, 0.4) is 0 Å². The van der Waals surface area contributed by atoms with Crippen molar-refractivity contribution in [3.63, 3.8) is 0 Å². The maximum Gasteiger partial charge on any atom is 0.0786 e. The largest absolute Gasteiger partial charge is 1.00 e. The zero-order valence-corrected chi connectivity index (χ0v) is 24.6. The molecule has 28 heavy (non-hydrogen) atoms. The first-order valence-electron chi connectivity index (χ1n) is 12.1. The van der Waals surface area contributed by atoms with Crippen LogP contribution >= 0.6 is 24.0 Å². The predicted molar refractivity (Wildman–Crippen MR) is 137 cm³/mol. The van der Waals surface area contributed by atoms with Crippen molar-refractivity contribution in [2.45, 2.75) is 130 Å². The van der Waals surface area contributed by atoms with E-state index in [-0.39, 0.29) is 54.1 Å². The molecule has 2 nitrogen and oxygen atoms in total. The minimum absolute atomic E-state index is 0. The first-order valence-corrected chi connectivity index (χ1v) is 12.1. The van der Waals surface area contributed by atoms with Gasteiger partial charge >= 0.3 is 0 Å². The molecule has 0 fully saturated rings. The fourth-order valence-corrected chi connectivity index (χ4v) is 4.17. The summed E-state index contributed by atoms with van der Waals surface area (Å²) in [5.41, 5.74) is 0. The van der Waals surface area contributed by atoms with E-state index in [1.165, 1.54) is 133 Å². The molecule has 0 atom stereocenters. The van der Waals surface area contributed by atoms with E-state index in [2.05, 4.69) is 27.7 Å². The summed E-state index contributed by atoms with van der Waals surface area (Å²) < 4.78 is 1.46. The highest BCUT2D eigenvalue weighted by Gasteiger charge is 2.25. The second kappa shape index (κ2) is 28.4. The van der Waals surface area contributed by atoms with Crippen molar-refractivity contribution in [1.29, 1.82) is 0 Å². The average molecular weight is 627 g/mol. The third kappa shape index (κ3) is 22.1. The molecule has 0 aliphatic rings. The second-order valence-corrected chi connectivity index (χ2v) is 8.48. The Morgan fingerprint density at radius 3 is 0.786 bits per heavy atom. The lowest BCUT2D eigenvalue weighted by molar-refractivity contribution is -0.929. The first kappa shape index (κ1) is 36.7. The molecule has 0 aromatic carbocycles. The van der Waals surface area contributed by atoms with Gasteiger partial charge in [0.05, 0.1) is 26.2 Å². The molecule has 0 aliphatic carbocycles. The summed E-state index contributed by atoms with van der Waals surface area (Å²) in [6.45, 7) is 15.2. The molecule has 0 heterocycles. The molecule has 0 radical (unpaired) electrons. The van der Waals surface area contributed by atoms with E-state index >= 15 is 0 Å². The number of nitrogens with zero attached hydrogens (tertiary/aromatic N) is 1. The number of hydrogen-bond acceptors (Lipinski definition) is 1. The van der Waals surface area contributed by atoms with E-state index in [9.17, 15) is 0 Å². The lowest BCUT2D eigenvalue weighted by Gasteiger charge is -2.39. The van der Waals surface area contributed by atoms with Crippen LogP contribution in [0, 0.1) is 0 Å². The lowest BCUT2D eigenvalue weighted by atomic mass is 10.1. The number of halogens is 2. The molecular formula is C24H56I2N2. The second-order valence-electron chi connectivity index (χ2n) is 8.48. The van der Waals surface area contributed by atoms with Crippen molar-refractivity contribution in [2.75, 3.05) is 26.2 Å². The Hall–Kier alpha value is 1.38. The highest BCUT2D eigenvalue weighted by molar-refractivity contribution is 14.0. The van der Waals surface area contributed by atoms with Gasteiger partial charge in [-0.05, 0) is 51.4 Å². The summed E-state index contributed by atoms with van der Waals surface area (Å²) in [5, 5.41) is 0. The van der Waals surface area contributed by atoms with Crippen LogP contribution < -0.4 is 30.1 Å². The van der Waals surface area contributed by atoms with Crippen LogP contribution in [0.2, 0.25) is 0 Å². The molecular weight excluding hydrogens is 570 g/mol. The van der Waals surface area contributed by atoms with Crippen LogP contribution in [-0.4, -0.2) is 30.7 Å². The Morgan fingerprint density at radius 1 is 0.393 bits per heavy atom. The monoisotopic (exact) mass is 626 g/mol. The maximum absolute atomic E-state index is 2.34. The molecule has 0 spiro atoms. The summed E-state index contributed by atoms with van der Waals surface area (Å²) in [4.78, 5) is 0. The van der Waals surface area contributed by atoms with E-state index in [1.54, 1.807) is 0 Å². The van der Waals surface area contributed by atoms with Gasteiger partial charge in [0.25, 0.3) is 0 Å². The predicted octanol–water partition coefficient (Wildman–Crippen LogP) is 5.91. The van der Waals surface area contributed by atoms with Gasteiger partial charge in [-0.2, -0.15) is 0 Å². The summed E-state index contributed by atoms with van der Waals surface area (Å²) >= 11 is 0. The molecule has 0 aromatic rings. The van der Waals surface area contributed by atoms with Crippen molar-refractivity contribution < 1.29 is 28.5 Å². The smallest absolute Gasteiger partial charge is 0.0786 e. The standard InChI is InChI=1S/C24H52N.2HI.H3N/c1-5-9-13-17-21-25(22-18-14-10-6-2,23-19-15-11-7-3)24-20-16-12-8-4;;;/h5-24H2,1-4H3;2*1H;1H3/q+1;;;/p-1. The number of rotatable bonds is 20. The first-order chi connectivity index (χ1) is 12.2. The normalized spacial score (nSPS) is 10.7. The number of quaternary nitrogens is 1. The molecule has 3 N–H and O–H groups in total. The quantitative estimate of drug-likeness (QED) is 0.102. The van der Waals surface area contributed by atoms with E-state index in [1.807, 2.05) is 0 Å². The van der Waals surface area contributed by atoms with Crippen molar-refractivity contribution in [3.8, 4) is 0 Å². The van der Waals surface area contributed by atoms with Gasteiger partial charge < -0.3 is 34.6 Å². The fourth-order valence-electron chi connectivity index (χ4n) is 4.17. The van der Waals surface area contributed by atoms with E-state index in [4.69, 9.17) is 0 Å². The molecule has 0 bridgehead atoms. The van der Waals surface area contributed by atoms with Crippen molar-refractivity contribution >= 4 is 24.0 Å². The topological polar surface area (TPSA) is 35.0 Å². The van der Waals surface area contributed by atoms with Crippen LogP contribution in [0.15, 0.2) is 0 Å². The molecule has 0 aliphatic heterocycles. The molecule has 0 unspecified atom stereocenters. The van der Waals surface area contributed by atoms with Gasteiger partial charge in [0, 0.05) is 0 Å². The Bertz CT molecular complexity index is 209. The van der Waals surface area contributed by atoms with Gasteiger partial charge in [-0.15, -0.1) is 24.0 Å². The highest BCUT2D eigenvalue weighted by atomic mass is 127. The Balaban J connectivity index is -0.000000960. The zero-order chi connectivity index (χ0) is 18.6. The van der Waals surface area contributed by atoms with Crippen molar-refractivity contribution in [3.05, 3.63) is 0 Å². The fraction of sp³-hybridized carbons (Fsp3) is 1.00. The summed E-state index contributed by atoms with van der Waals surface area (Å²) in [6, 6.07) is 0. The van der Waals surface area contributed by atoms with Crippen LogP contribution in [0.25, 0.3) is 0 Å². The van der Waals surface area contributed by atoms with Crippen LogP contribution in [0.1, 0.15) is 130 Å². The van der Waals surface area contributed by atoms with Crippen LogP contribution in [0.4, 0.5) is 0 Å². The third-order valence-corrected chi connectivity index (χ3v) is 5.94. The van der Waals surface area contributed by atoms with Gasteiger partial charge in [0.1, 0.15) is 0 Å². The van der Waals surface area contributed by atoms with Gasteiger partial charge in [-0.3, -0.25) is 0 Å². The number of unbranched alkanes of at least 4 members (excludes halogenated alkanes) is 12. The van der Waals surface area contributed by atoms with Gasteiger partial charge in [-0.1, -0.05) is 79.1 Å². The third-order valence-electron chi connectivity index (χ3n) is 5.94. The molecule has 0 rings (SSSR count). The molecule has 0 aromatic heterocycles. The van der Waals surface area contributed by atoms with Gasteiger partial charge in [0.15, 0.2) is 0 Å². The van der Waals surface area contributed by atoms with Crippen LogP contribution in [0.5, 0.6) is 0 Å². The summed E-state index contributed by atoms with van der Waals surface area (Å²) in [6.07, 6.45) is 22.8. The molecule has 4 heteroatoms. The van der Waals surface area contributed by atoms with Crippen LogP contribution in [-0.2, 0) is 0 Å². The number of hydrogen-bond donors (Lipinski definition) is 1. The Labute approximate surface area is 214 Å². The maximum atomic E-state index is 2.34. The van der Waals surface area contributed by atoms with E-state index < -0.39 is 0 Å². The molecule has 0 saturated heterocycles. The summed E-state index contributed by atoms with van der Waals surface area (Å²) in [5.74, 6) is 0. The SMILES string of the molecule is CCCCCC[N+](CCCCCC)(CCCCCC)CCCCCC.I.N.[I-].